The molecule has 0 saturated carbocycles. The number of piperazine rings is 1. The fourth-order valence-corrected chi connectivity index (χ4v) is 6.15. The third kappa shape index (κ3) is 4.62. The van der Waals surface area contributed by atoms with Crippen LogP contribution in [0.15, 0.2) is 82.7 Å². The predicted octanol–water partition coefficient (Wildman–Crippen LogP) is 4.42. The van der Waals surface area contributed by atoms with Crippen LogP contribution in [0, 0.1) is 0 Å². The summed E-state index contributed by atoms with van der Waals surface area (Å²) in [7, 11) is 0.794. The van der Waals surface area contributed by atoms with Crippen molar-refractivity contribution >= 4 is 32.1 Å². The zero-order chi connectivity index (χ0) is 26.0. The lowest BCUT2D eigenvalue weighted by molar-refractivity contribution is 0.356. The quantitative estimate of drug-likeness (QED) is 0.355. The summed E-state index contributed by atoms with van der Waals surface area (Å²) in [5, 5.41) is 0.695. The molecular formula is C28H29N3O5S. The fourth-order valence-electron chi connectivity index (χ4n) is 4.72. The maximum atomic E-state index is 13.9. The maximum absolute atomic E-state index is 13.9. The SMILES string of the molecule is COc1ccc(S(=O)(=O)c2cnc3cc(OC)c(OC)cc3c2N2CCN(c3ccccc3)CC2)cc1. The van der Waals surface area contributed by atoms with E-state index in [1.54, 1.807) is 51.7 Å². The van der Waals surface area contributed by atoms with Gasteiger partial charge in [0.1, 0.15) is 10.6 Å². The van der Waals surface area contributed by atoms with Crippen LogP contribution in [0.25, 0.3) is 10.9 Å². The molecule has 3 aromatic carbocycles. The van der Waals surface area contributed by atoms with Gasteiger partial charge in [0.2, 0.25) is 9.84 Å². The average Bonchev–Trinajstić information content (AvgIpc) is 2.96. The molecular weight excluding hydrogens is 490 g/mol. The molecule has 192 valence electrons. The predicted molar refractivity (Wildman–Crippen MR) is 144 cm³/mol. The Morgan fingerprint density at radius 1 is 0.757 bits per heavy atom. The minimum absolute atomic E-state index is 0.158. The van der Waals surface area contributed by atoms with Gasteiger partial charge in [-0.05, 0) is 42.5 Å². The number of pyridine rings is 1. The van der Waals surface area contributed by atoms with Crippen molar-refractivity contribution in [2.24, 2.45) is 0 Å². The zero-order valence-corrected chi connectivity index (χ0v) is 21.9. The molecule has 0 aliphatic carbocycles. The van der Waals surface area contributed by atoms with Gasteiger partial charge in [0, 0.05) is 49.5 Å². The van der Waals surface area contributed by atoms with Gasteiger partial charge in [-0.15, -0.1) is 0 Å². The van der Waals surface area contributed by atoms with Crippen LogP contribution in [0.1, 0.15) is 0 Å². The highest BCUT2D eigenvalue weighted by Gasteiger charge is 2.29. The molecule has 1 aliphatic heterocycles. The number of nitrogens with zero attached hydrogens (tertiary/aromatic N) is 3. The minimum atomic E-state index is -3.88. The Hall–Kier alpha value is -3.98. The number of anilines is 2. The Labute approximate surface area is 216 Å². The number of fused-ring (bicyclic) bond motifs is 1. The molecule has 0 unspecified atom stereocenters. The lowest BCUT2D eigenvalue weighted by Gasteiger charge is -2.38. The summed E-state index contributed by atoms with van der Waals surface area (Å²) in [5.74, 6) is 1.64. The number of para-hydroxylation sites is 1. The first-order valence-electron chi connectivity index (χ1n) is 11.9. The number of aromatic nitrogens is 1. The summed E-state index contributed by atoms with van der Waals surface area (Å²) in [4.78, 5) is 9.31. The topological polar surface area (TPSA) is 81.2 Å². The fraction of sp³-hybridized carbons (Fsp3) is 0.250. The van der Waals surface area contributed by atoms with Gasteiger partial charge in [-0.3, -0.25) is 4.98 Å². The van der Waals surface area contributed by atoms with Crippen molar-refractivity contribution in [3.63, 3.8) is 0 Å². The van der Waals surface area contributed by atoms with Gasteiger partial charge in [0.05, 0.1) is 37.4 Å². The first-order chi connectivity index (χ1) is 18.0. The monoisotopic (exact) mass is 519 g/mol. The lowest BCUT2D eigenvalue weighted by atomic mass is 10.1. The Bertz CT molecular complexity index is 1500. The van der Waals surface area contributed by atoms with Gasteiger partial charge in [0.15, 0.2) is 11.5 Å². The summed E-state index contributed by atoms with van der Waals surface area (Å²) >= 11 is 0. The third-order valence-electron chi connectivity index (χ3n) is 6.69. The van der Waals surface area contributed by atoms with Crippen molar-refractivity contribution in [1.82, 2.24) is 4.98 Å². The van der Waals surface area contributed by atoms with E-state index in [1.807, 2.05) is 24.3 Å². The maximum Gasteiger partial charge on any atom is 0.210 e. The zero-order valence-electron chi connectivity index (χ0n) is 21.0. The number of ether oxygens (including phenoxy) is 3. The Morgan fingerprint density at radius 2 is 1.38 bits per heavy atom. The van der Waals surface area contributed by atoms with Crippen molar-refractivity contribution in [1.29, 1.82) is 0 Å². The van der Waals surface area contributed by atoms with Crippen LogP contribution in [-0.2, 0) is 9.84 Å². The van der Waals surface area contributed by atoms with Crippen molar-refractivity contribution in [2.75, 3.05) is 57.3 Å². The van der Waals surface area contributed by atoms with Crippen LogP contribution in [0.3, 0.4) is 0 Å². The molecule has 1 aliphatic rings. The molecule has 5 rings (SSSR count). The van der Waals surface area contributed by atoms with E-state index in [4.69, 9.17) is 14.2 Å². The van der Waals surface area contributed by atoms with E-state index in [-0.39, 0.29) is 9.79 Å². The van der Waals surface area contributed by atoms with E-state index in [1.165, 1.54) is 6.20 Å². The first-order valence-corrected chi connectivity index (χ1v) is 13.4. The number of hydrogen-bond acceptors (Lipinski definition) is 8. The summed E-state index contributed by atoms with van der Waals surface area (Å²) < 4.78 is 44.1. The second-order valence-electron chi connectivity index (χ2n) is 8.68. The summed E-state index contributed by atoms with van der Waals surface area (Å²) in [6.07, 6.45) is 1.45. The molecule has 0 atom stereocenters. The molecule has 1 saturated heterocycles. The average molecular weight is 520 g/mol. The second kappa shape index (κ2) is 10.2. The van der Waals surface area contributed by atoms with Crippen molar-refractivity contribution in [3.8, 4) is 17.2 Å². The Kier molecular flexibility index (Phi) is 6.80. The molecule has 0 amide bonds. The molecule has 0 spiro atoms. The molecule has 0 bridgehead atoms. The highest BCUT2D eigenvalue weighted by molar-refractivity contribution is 7.91. The third-order valence-corrected chi connectivity index (χ3v) is 8.46. The van der Waals surface area contributed by atoms with Crippen LogP contribution in [0.5, 0.6) is 17.2 Å². The highest BCUT2D eigenvalue weighted by Crippen LogP contribution is 2.41. The molecule has 1 fully saturated rings. The molecule has 0 radical (unpaired) electrons. The van der Waals surface area contributed by atoms with E-state index in [2.05, 4.69) is 26.9 Å². The smallest absolute Gasteiger partial charge is 0.210 e. The highest BCUT2D eigenvalue weighted by atomic mass is 32.2. The first kappa shape index (κ1) is 24.7. The van der Waals surface area contributed by atoms with Crippen LogP contribution in [-0.4, -0.2) is 60.9 Å². The molecule has 0 N–H and O–H groups in total. The van der Waals surface area contributed by atoms with Gasteiger partial charge in [-0.1, -0.05) is 18.2 Å². The van der Waals surface area contributed by atoms with E-state index < -0.39 is 9.84 Å². The van der Waals surface area contributed by atoms with Crippen LogP contribution >= 0.6 is 0 Å². The molecule has 2 heterocycles. The van der Waals surface area contributed by atoms with Gasteiger partial charge < -0.3 is 24.0 Å². The summed E-state index contributed by atoms with van der Waals surface area (Å²) in [6.45, 7) is 2.80. The second-order valence-corrected chi connectivity index (χ2v) is 10.6. The number of methoxy groups -OCH3 is 3. The van der Waals surface area contributed by atoms with E-state index in [0.29, 0.717) is 46.9 Å². The largest absolute Gasteiger partial charge is 0.497 e. The van der Waals surface area contributed by atoms with Crippen molar-refractivity contribution < 1.29 is 22.6 Å². The molecule has 9 heteroatoms. The standard InChI is InChI=1S/C28H29N3O5S/c1-34-21-9-11-22(12-10-21)37(32,33)27-19-29-24-18-26(36-3)25(35-2)17-23(24)28(27)31-15-13-30(14-16-31)20-7-5-4-6-8-20/h4-12,17-19H,13-16H2,1-3H3. The Balaban J connectivity index is 1.63. The van der Waals surface area contributed by atoms with Crippen LogP contribution in [0.4, 0.5) is 11.4 Å². The molecule has 4 aromatic rings. The number of hydrogen-bond donors (Lipinski definition) is 0. The van der Waals surface area contributed by atoms with Crippen LogP contribution < -0.4 is 24.0 Å². The number of sulfone groups is 1. The van der Waals surface area contributed by atoms with Crippen LogP contribution in [0.2, 0.25) is 0 Å². The van der Waals surface area contributed by atoms with Crippen molar-refractivity contribution in [2.45, 2.75) is 9.79 Å². The Morgan fingerprint density at radius 3 is 2.00 bits per heavy atom. The molecule has 37 heavy (non-hydrogen) atoms. The molecule has 8 nitrogen and oxygen atoms in total. The van der Waals surface area contributed by atoms with Gasteiger partial charge in [-0.2, -0.15) is 0 Å². The van der Waals surface area contributed by atoms with E-state index in [9.17, 15) is 8.42 Å². The van der Waals surface area contributed by atoms with Gasteiger partial charge in [-0.25, -0.2) is 8.42 Å². The number of rotatable bonds is 7. The summed E-state index contributed by atoms with van der Waals surface area (Å²) in [5.41, 5.74) is 2.40. The number of benzene rings is 3. The normalized spacial score (nSPS) is 14.0. The van der Waals surface area contributed by atoms with E-state index >= 15 is 0 Å². The molecule has 1 aromatic heterocycles. The van der Waals surface area contributed by atoms with Crippen molar-refractivity contribution in [3.05, 3.63) is 72.9 Å². The van der Waals surface area contributed by atoms with Gasteiger partial charge >= 0.3 is 0 Å². The van der Waals surface area contributed by atoms with Gasteiger partial charge in [0.25, 0.3) is 0 Å². The van der Waals surface area contributed by atoms with E-state index in [0.717, 1.165) is 18.8 Å². The lowest BCUT2D eigenvalue weighted by Crippen LogP contribution is -2.47. The minimum Gasteiger partial charge on any atom is -0.497 e. The summed E-state index contributed by atoms with van der Waals surface area (Å²) in [6, 6.07) is 20.2.